The molecule has 0 radical (unpaired) electrons. The van der Waals surface area contributed by atoms with Crippen LogP contribution in [-0.2, 0) is 40.8 Å². The maximum Gasteiger partial charge on any atom is 0.448 e. The Kier molecular flexibility index (Phi) is 5.99. The predicted octanol–water partition coefficient (Wildman–Crippen LogP) is 2.41. The molecular formula is C20H16N4O12S4+2. The van der Waals surface area contributed by atoms with Crippen LogP contribution < -0.4 is 7.78 Å². The van der Waals surface area contributed by atoms with Crippen molar-refractivity contribution >= 4 is 87.6 Å². The van der Waals surface area contributed by atoms with Crippen molar-refractivity contribution in [1.29, 1.82) is 0 Å². The largest absolute Gasteiger partial charge is 0.448 e. The van der Waals surface area contributed by atoms with Gasteiger partial charge in [0, 0.05) is 36.4 Å². The Morgan fingerprint density at radius 2 is 0.825 bits per heavy atom. The SMILES string of the molecule is O=S(=O)(O)c1ccc2c(c1)[N+](c1ccc([N+]3(S(=O)(=O)O)C=Nc4ccc(S(=O)(=O)O)cc43)cc1)(S(=O)(=O)O)C=N2. The molecule has 0 fully saturated rings. The highest BCUT2D eigenvalue weighted by Crippen LogP contribution is 2.50. The lowest BCUT2D eigenvalue weighted by Crippen LogP contribution is -2.47. The molecule has 2 heterocycles. The molecule has 0 aliphatic carbocycles. The molecule has 2 unspecified atom stereocenters. The normalized spacial score (nSPS) is 22.3. The van der Waals surface area contributed by atoms with E-state index >= 15 is 0 Å². The van der Waals surface area contributed by atoms with Gasteiger partial charge in [0.15, 0.2) is 22.7 Å². The van der Waals surface area contributed by atoms with E-state index in [0.29, 0.717) is 0 Å². The lowest BCUT2D eigenvalue weighted by Gasteiger charge is -2.28. The molecule has 5 rings (SSSR count). The molecule has 0 spiro atoms. The van der Waals surface area contributed by atoms with E-state index in [1.165, 1.54) is 0 Å². The second-order valence-corrected chi connectivity index (χ2v) is 14.3. The Balaban J connectivity index is 1.74. The number of rotatable bonds is 6. The van der Waals surface area contributed by atoms with E-state index in [1.54, 1.807) is 0 Å². The molecule has 0 aromatic heterocycles. The van der Waals surface area contributed by atoms with Crippen LogP contribution in [0.2, 0.25) is 0 Å². The molecule has 0 saturated heterocycles. The van der Waals surface area contributed by atoms with Gasteiger partial charge in [0.05, 0.1) is 0 Å². The maximum atomic E-state index is 12.7. The van der Waals surface area contributed by atoms with E-state index in [-0.39, 0.29) is 22.7 Å². The number of aliphatic imine (C=N–C) groups is 2. The van der Waals surface area contributed by atoms with E-state index < -0.39 is 69.8 Å². The van der Waals surface area contributed by atoms with Crippen LogP contribution in [0, 0.1) is 0 Å². The van der Waals surface area contributed by atoms with E-state index in [9.17, 15) is 51.9 Å². The van der Waals surface area contributed by atoms with Crippen molar-refractivity contribution in [3.05, 3.63) is 60.7 Å². The summed E-state index contributed by atoms with van der Waals surface area (Å²) in [4.78, 5) is 6.45. The highest BCUT2D eigenvalue weighted by atomic mass is 32.2. The lowest BCUT2D eigenvalue weighted by molar-refractivity contribution is 0.447. The monoisotopic (exact) mass is 632 g/mol. The highest BCUT2D eigenvalue weighted by Gasteiger charge is 2.53. The highest BCUT2D eigenvalue weighted by molar-refractivity contribution is 7.87. The molecule has 40 heavy (non-hydrogen) atoms. The third-order valence-corrected chi connectivity index (χ3v) is 10.4. The summed E-state index contributed by atoms with van der Waals surface area (Å²) in [6.07, 6.45) is 1.53. The fourth-order valence-corrected chi connectivity index (χ4v) is 7.33. The van der Waals surface area contributed by atoms with Gasteiger partial charge in [-0.15, -0.1) is 16.8 Å². The van der Waals surface area contributed by atoms with Gasteiger partial charge in [0.2, 0.25) is 12.7 Å². The zero-order valence-corrected chi connectivity index (χ0v) is 22.7. The Labute approximate surface area is 227 Å². The van der Waals surface area contributed by atoms with Crippen LogP contribution in [0.25, 0.3) is 0 Å². The van der Waals surface area contributed by atoms with Gasteiger partial charge in [-0.2, -0.15) is 26.8 Å². The van der Waals surface area contributed by atoms with Gasteiger partial charge in [-0.1, -0.05) is 7.78 Å². The lowest BCUT2D eigenvalue weighted by atomic mass is 10.2. The molecule has 20 heteroatoms. The van der Waals surface area contributed by atoms with Gasteiger partial charge in [0.1, 0.15) is 21.2 Å². The summed E-state index contributed by atoms with van der Waals surface area (Å²) in [6.45, 7) is 0. The van der Waals surface area contributed by atoms with Crippen molar-refractivity contribution in [2.45, 2.75) is 9.79 Å². The number of hydrogen-bond donors (Lipinski definition) is 4. The van der Waals surface area contributed by atoms with Crippen LogP contribution in [0.15, 0.2) is 80.4 Å². The van der Waals surface area contributed by atoms with Crippen LogP contribution in [-0.4, -0.2) is 64.6 Å². The zero-order valence-electron chi connectivity index (χ0n) is 19.4. The Hall–Kier alpha value is -3.44. The van der Waals surface area contributed by atoms with Crippen molar-refractivity contribution in [1.82, 2.24) is 7.78 Å². The minimum atomic E-state index is -5.22. The number of benzene rings is 3. The zero-order chi connectivity index (χ0) is 29.5. The van der Waals surface area contributed by atoms with Crippen LogP contribution in [0.5, 0.6) is 0 Å². The molecule has 0 saturated carbocycles. The minimum Gasteiger partial charge on any atom is -0.282 e. The van der Waals surface area contributed by atoms with Gasteiger partial charge in [0.25, 0.3) is 20.2 Å². The first-order valence-electron chi connectivity index (χ1n) is 10.5. The quantitative estimate of drug-likeness (QED) is 0.226. The van der Waals surface area contributed by atoms with Gasteiger partial charge >= 0.3 is 20.6 Å². The molecule has 16 nitrogen and oxygen atoms in total. The number of nitrogens with zero attached hydrogens (tertiary/aromatic N) is 4. The van der Waals surface area contributed by atoms with E-state index in [1.807, 2.05) is 0 Å². The van der Waals surface area contributed by atoms with Gasteiger partial charge in [-0.05, 0) is 24.3 Å². The Morgan fingerprint density at radius 3 is 1.10 bits per heavy atom. The first kappa shape index (κ1) is 28.1. The first-order valence-corrected chi connectivity index (χ1v) is 16.2. The average Bonchev–Trinajstić information content (AvgIpc) is 3.42. The van der Waals surface area contributed by atoms with Crippen LogP contribution in [0.4, 0.5) is 34.1 Å². The molecule has 0 amide bonds. The summed E-state index contributed by atoms with van der Waals surface area (Å²) >= 11 is 0. The van der Waals surface area contributed by atoms with Crippen molar-refractivity contribution in [2.24, 2.45) is 9.98 Å². The molecular weight excluding hydrogens is 617 g/mol. The summed E-state index contributed by atoms with van der Waals surface area (Å²) in [5.74, 6) is 0. The summed E-state index contributed by atoms with van der Waals surface area (Å²) in [5.41, 5.74) is -1.55. The molecule has 2 aliphatic rings. The Morgan fingerprint density at radius 1 is 0.500 bits per heavy atom. The first-order chi connectivity index (χ1) is 18.3. The number of hydrogen-bond acceptors (Lipinski definition) is 10. The maximum absolute atomic E-state index is 12.7. The third kappa shape index (κ3) is 4.01. The third-order valence-electron chi connectivity index (χ3n) is 6.27. The van der Waals surface area contributed by atoms with E-state index in [2.05, 4.69) is 9.98 Å². The molecule has 0 bridgehead atoms. The number of quaternary nitrogens is 2. The Bertz CT molecular complexity index is 1960. The standard InChI is InChI=1S/C20H14N4O12S4/c25-37(26,27)15-5-7-17-19(9-15)23(11-21-17,39(31,32)33)13-1-2-14(4-3-13)24(40(34,35)36)12-22-18-8-6-16(10-20(18)24)38(28,29)30/h1-12H,(H2-2,25,26,27,28,29,30,31,32,33,34,35,36)/p+2. The fourth-order valence-electron chi connectivity index (χ4n) is 4.43. The van der Waals surface area contributed by atoms with Crippen LogP contribution in [0.1, 0.15) is 0 Å². The summed E-state index contributed by atoms with van der Waals surface area (Å²) in [6, 6.07) is 9.77. The summed E-state index contributed by atoms with van der Waals surface area (Å²) < 4.78 is 134. The topological polar surface area (TPSA) is 242 Å². The molecule has 4 N–H and O–H groups in total. The van der Waals surface area contributed by atoms with Crippen molar-refractivity contribution in [3.63, 3.8) is 0 Å². The molecule has 3 aromatic rings. The van der Waals surface area contributed by atoms with Crippen molar-refractivity contribution in [2.75, 3.05) is 0 Å². The predicted molar refractivity (Wildman–Crippen MR) is 141 cm³/mol. The van der Waals surface area contributed by atoms with Gasteiger partial charge < -0.3 is 0 Å². The summed E-state index contributed by atoms with van der Waals surface area (Å²) in [5, 5.41) is 0. The minimum absolute atomic E-state index is 0.0751. The van der Waals surface area contributed by atoms with E-state index in [4.69, 9.17) is 0 Å². The fraction of sp³-hybridized carbons (Fsp3) is 0. The molecule has 2 aliphatic heterocycles. The van der Waals surface area contributed by atoms with Gasteiger partial charge in [-0.3, -0.25) is 9.11 Å². The van der Waals surface area contributed by atoms with Gasteiger partial charge in [-0.25, -0.2) is 9.11 Å². The molecule has 3 aromatic carbocycles. The molecule has 210 valence electrons. The second-order valence-electron chi connectivity index (χ2n) is 8.47. The smallest absolute Gasteiger partial charge is 0.282 e. The van der Waals surface area contributed by atoms with Crippen LogP contribution >= 0.6 is 0 Å². The van der Waals surface area contributed by atoms with Crippen molar-refractivity contribution < 1.29 is 51.9 Å². The average molecular weight is 633 g/mol. The van der Waals surface area contributed by atoms with Crippen LogP contribution in [0.3, 0.4) is 0 Å². The van der Waals surface area contributed by atoms with Crippen molar-refractivity contribution in [3.8, 4) is 0 Å². The second kappa shape index (κ2) is 8.53. The van der Waals surface area contributed by atoms with E-state index in [0.717, 1.165) is 73.3 Å². The summed E-state index contributed by atoms with van der Waals surface area (Å²) in [7, 11) is -20.0. The number of fused-ring (bicyclic) bond motifs is 2. The molecule has 2 atom stereocenters.